The number of carbonyl (C=O) groups is 1. The van der Waals surface area contributed by atoms with Gasteiger partial charge < -0.3 is 15.4 Å². The Labute approximate surface area is 116 Å². The lowest BCUT2D eigenvalue weighted by molar-refractivity contribution is -0.142. The molecular formula is C15H28N2O2. The Morgan fingerprint density at radius 1 is 1.26 bits per heavy atom. The van der Waals surface area contributed by atoms with Crippen LogP contribution in [0.25, 0.3) is 0 Å². The maximum atomic E-state index is 12.9. The van der Waals surface area contributed by atoms with Gasteiger partial charge in [0.05, 0.1) is 18.1 Å². The van der Waals surface area contributed by atoms with Gasteiger partial charge in [0.2, 0.25) is 5.91 Å². The van der Waals surface area contributed by atoms with E-state index in [9.17, 15) is 4.79 Å². The van der Waals surface area contributed by atoms with Gasteiger partial charge in [0.1, 0.15) is 0 Å². The van der Waals surface area contributed by atoms with E-state index >= 15 is 0 Å². The van der Waals surface area contributed by atoms with Crippen molar-refractivity contribution in [3.05, 3.63) is 0 Å². The number of likely N-dealkylation sites (tertiary alicyclic amines) is 1. The second-order valence-corrected chi connectivity index (χ2v) is 6.39. The summed E-state index contributed by atoms with van der Waals surface area (Å²) in [5.74, 6) is 1.05. The fraction of sp³-hybridized carbons (Fsp3) is 0.933. The van der Waals surface area contributed by atoms with E-state index in [1.54, 1.807) is 0 Å². The Kier molecular flexibility index (Phi) is 4.51. The fourth-order valence-corrected chi connectivity index (χ4v) is 3.77. The molecule has 0 aromatic carbocycles. The number of amides is 1. The minimum absolute atomic E-state index is 0.00523. The Bertz CT molecular complexity index is 334. The minimum Gasteiger partial charge on any atom is -0.374 e. The van der Waals surface area contributed by atoms with Crippen LogP contribution in [-0.2, 0) is 9.53 Å². The highest BCUT2D eigenvalue weighted by Crippen LogP contribution is 2.35. The first-order valence-electron chi connectivity index (χ1n) is 7.63. The molecule has 19 heavy (non-hydrogen) atoms. The van der Waals surface area contributed by atoms with Crippen LogP contribution in [0.1, 0.15) is 40.5 Å². The van der Waals surface area contributed by atoms with Gasteiger partial charge in [-0.2, -0.15) is 0 Å². The lowest BCUT2D eigenvalue weighted by atomic mass is 9.85. The molecule has 6 unspecified atom stereocenters. The molecule has 2 saturated heterocycles. The fourth-order valence-electron chi connectivity index (χ4n) is 3.77. The van der Waals surface area contributed by atoms with Gasteiger partial charge in [0.25, 0.3) is 0 Å². The van der Waals surface area contributed by atoms with Crippen molar-refractivity contribution in [1.29, 1.82) is 0 Å². The Balaban J connectivity index is 2.14. The zero-order chi connectivity index (χ0) is 14.2. The van der Waals surface area contributed by atoms with Crippen LogP contribution in [0, 0.1) is 17.8 Å². The summed E-state index contributed by atoms with van der Waals surface area (Å²) in [5.41, 5.74) is 5.89. The number of rotatable bonds is 2. The van der Waals surface area contributed by atoms with E-state index in [-0.39, 0.29) is 36.0 Å². The number of ether oxygens (including phenoxy) is 1. The van der Waals surface area contributed by atoms with Crippen LogP contribution >= 0.6 is 0 Å². The largest absolute Gasteiger partial charge is 0.374 e. The molecule has 2 fully saturated rings. The van der Waals surface area contributed by atoms with Crippen molar-refractivity contribution in [1.82, 2.24) is 4.90 Å². The molecule has 0 aromatic heterocycles. The van der Waals surface area contributed by atoms with Gasteiger partial charge in [-0.3, -0.25) is 4.79 Å². The van der Waals surface area contributed by atoms with Crippen LogP contribution < -0.4 is 5.73 Å². The van der Waals surface area contributed by atoms with Crippen molar-refractivity contribution in [2.24, 2.45) is 23.5 Å². The van der Waals surface area contributed by atoms with E-state index in [2.05, 4.69) is 20.8 Å². The van der Waals surface area contributed by atoms with Crippen LogP contribution in [0.15, 0.2) is 0 Å². The van der Waals surface area contributed by atoms with E-state index in [4.69, 9.17) is 10.5 Å². The van der Waals surface area contributed by atoms with Crippen LogP contribution in [0.2, 0.25) is 0 Å². The second-order valence-electron chi connectivity index (χ2n) is 6.39. The zero-order valence-corrected chi connectivity index (χ0v) is 12.6. The summed E-state index contributed by atoms with van der Waals surface area (Å²) < 4.78 is 5.81. The number of nitrogens with zero attached hydrogens (tertiary/aromatic N) is 1. The van der Waals surface area contributed by atoms with Crippen molar-refractivity contribution >= 4 is 5.91 Å². The standard InChI is InChI=1S/C15H28N2O2/c1-9-6-5-7-17(13(9)8-16)15(18)14-10(2)11(3)19-12(14)4/h9-14H,5-8,16H2,1-4H3. The third-order valence-electron chi connectivity index (χ3n) is 5.17. The summed E-state index contributed by atoms with van der Waals surface area (Å²) in [6, 6.07) is 0.205. The second kappa shape index (κ2) is 5.80. The van der Waals surface area contributed by atoms with Crippen molar-refractivity contribution in [2.45, 2.75) is 58.8 Å². The first-order valence-corrected chi connectivity index (χ1v) is 7.63. The Morgan fingerprint density at radius 3 is 2.47 bits per heavy atom. The van der Waals surface area contributed by atoms with Gasteiger partial charge in [-0.15, -0.1) is 0 Å². The molecule has 6 atom stereocenters. The number of hydrogen-bond acceptors (Lipinski definition) is 3. The Hall–Kier alpha value is -0.610. The monoisotopic (exact) mass is 268 g/mol. The van der Waals surface area contributed by atoms with Crippen molar-refractivity contribution in [3.8, 4) is 0 Å². The average Bonchev–Trinajstić information content (AvgIpc) is 2.62. The molecule has 2 N–H and O–H groups in total. The van der Waals surface area contributed by atoms with Gasteiger partial charge in [0, 0.05) is 19.1 Å². The summed E-state index contributed by atoms with van der Waals surface area (Å²) in [6.45, 7) is 9.84. The van der Waals surface area contributed by atoms with E-state index in [1.165, 1.54) is 6.42 Å². The van der Waals surface area contributed by atoms with Crippen LogP contribution in [0.3, 0.4) is 0 Å². The van der Waals surface area contributed by atoms with E-state index in [0.29, 0.717) is 12.5 Å². The molecule has 0 saturated carbocycles. The lowest BCUT2D eigenvalue weighted by Gasteiger charge is -2.41. The molecule has 0 bridgehead atoms. The quantitative estimate of drug-likeness (QED) is 0.828. The molecule has 110 valence electrons. The normalized spacial score (nSPS) is 43.5. The molecule has 0 aliphatic carbocycles. The van der Waals surface area contributed by atoms with Crippen molar-refractivity contribution < 1.29 is 9.53 Å². The van der Waals surface area contributed by atoms with Gasteiger partial charge in [-0.1, -0.05) is 13.8 Å². The number of carbonyl (C=O) groups excluding carboxylic acids is 1. The van der Waals surface area contributed by atoms with Gasteiger partial charge in [-0.05, 0) is 38.5 Å². The topological polar surface area (TPSA) is 55.6 Å². The van der Waals surface area contributed by atoms with Crippen LogP contribution in [0.5, 0.6) is 0 Å². The summed E-state index contributed by atoms with van der Waals surface area (Å²) >= 11 is 0. The zero-order valence-electron chi connectivity index (χ0n) is 12.6. The molecule has 2 heterocycles. The summed E-state index contributed by atoms with van der Waals surface area (Å²) in [6.07, 6.45) is 2.46. The number of nitrogens with two attached hydrogens (primary N) is 1. The molecule has 2 aliphatic rings. The molecular weight excluding hydrogens is 240 g/mol. The molecule has 0 spiro atoms. The maximum Gasteiger partial charge on any atom is 0.228 e. The Morgan fingerprint density at radius 2 is 1.95 bits per heavy atom. The van der Waals surface area contributed by atoms with Crippen molar-refractivity contribution in [3.63, 3.8) is 0 Å². The third-order valence-corrected chi connectivity index (χ3v) is 5.17. The molecule has 4 heteroatoms. The highest BCUT2D eigenvalue weighted by Gasteiger charge is 2.45. The third kappa shape index (κ3) is 2.65. The number of hydrogen-bond donors (Lipinski definition) is 1. The van der Waals surface area contributed by atoms with Gasteiger partial charge in [0.15, 0.2) is 0 Å². The lowest BCUT2D eigenvalue weighted by Crippen LogP contribution is -2.54. The molecule has 1 amide bonds. The van der Waals surface area contributed by atoms with Gasteiger partial charge in [-0.25, -0.2) is 0 Å². The smallest absolute Gasteiger partial charge is 0.228 e. The van der Waals surface area contributed by atoms with Crippen LogP contribution in [0.4, 0.5) is 0 Å². The first-order chi connectivity index (χ1) is 8.97. The highest BCUT2D eigenvalue weighted by atomic mass is 16.5. The summed E-state index contributed by atoms with van der Waals surface area (Å²) in [4.78, 5) is 14.9. The van der Waals surface area contributed by atoms with Gasteiger partial charge >= 0.3 is 0 Å². The first kappa shape index (κ1) is 14.8. The van der Waals surface area contributed by atoms with Crippen molar-refractivity contribution in [2.75, 3.05) is 13.1 Å². The van der Waals surface area contributed by atoms with Crippen LogP contribution in [-0.4, -0.2) is 42.1 Å². The van der Waals surface area contributed by atoms with E-state index < -0.39 is 0 Å². The van der Waals surface area contributed by atoms with E-state index in [0.717, 1.165) is 13.0 Å². The summed E-state index contributed by atoms with van der Waals surface area (Å²) in [7, 11) is 0. The average molecular weight is 268 g/mol. The SMILES string of the molecule is CC1CCCN(C(=O)C2C(C)OC(C)C2C)C1CN. The number of piperidine rings is 1. The summed E-state index contributed by atoms with van der Waals surface area (Å²) in [5, 5.41) is 0. The molecule has 2 aliphatic heterocycles. The molecule has 0 aromatic rings. The molecule has 0 radical (unpaired) electrons. The predicted molar refractivity (Wildman–Crippen MR) is 75.6 cm³/mol. The molecule has 4 nitrogen and oxygen atoms in total. The van der Waals surface area contributed by atoms with E-state index in [1.807, 2.05) is 11.8 Å². The highest BCUT2D eigenvalue weighted by molar-refractivity contribution is 5.80. The minimum atomic E-state index is -0.00523. The molecule has 2 rings (SSSR count). The maximum absolute atomic E-state index is 12.9. The predicted octanol–water partition coefficient (Wildman–Crippen LogP) is 1.63.